The van der Waals surface area contributed by atoms with Crippen molar-refractivity contribution in [3.63, 3.8) is 0 Å². The standard InChI is InChI=1S/C20H17N3O3/c1-26-18-11-3-14(4-12-18)2-7-17-10-13-19(23-22-17)21-16-8-5-15(6-9-16)20(24)25/h2-13H,1H3,(H,21,23)(H,24,25). The summed E-state index contributed by atoms with van der Waals surface area (Å²) in [5.74, 6) is 0.438. The van der Waals surface area contributed by atoms with Crippen molar-refractivity contribution < 1.29 is 14.6 Å². The minimum atomic E-state index is -0.954. The van der Waals surface area contributed by atoms with Crippen LogP contribution in [0.5, 0.6) is 5.75 Å². The average Bonchev–Trinajstić information content (AvgIpc) is 2.68. The fourth-order valence-electron chi connectivity index (χ4n) is 2.24. The van der Waals surface area contributed by atoms with Crippen LogP contribution in [0, 0.1) is 0 Å². The van der Waals surface area contributed by atoms with Gasteiger partial charge in [-0.3, -0.25) is 0 Å². The van der Waals surface area contributed by atoms with Crippen molar-refractivity contribution in [1.82, 2.24) is 10.2 Å². The number of aromatic carboxylic acids is 1. The van der Waals surface area contributed by atoms with E-state index in [9.17, 15) is 4.79 Å². The second kappa shape index (κ2) is 7.94. The lowest BCUT2D eigenvalue weighted by Gasteiger charge is -2.05. The third kappa shape index (κ3) is 4.45. The second-order valence-electron chi connectivity index (χ2n) is 5.46. The Morgan fingerprint density at radius 3 is 2.27 bits per heavy atom. The van der Waals surface area contributed by atoms with Gasteiger partial charge >= 0.3 is 5.97 Å². The lowest BCUT2D eigenvalue weighted by atomic mass is 10.2. The lowest BCUT2D eigenvalue weighted by Crippen LogP contribution is -1.98. The van der Waals surface area contributed by atoms with Crippen LogP contribution in [0.2, 0.25) is 0 Å². The lowest BCUT2D eigenvalue weighted by molar-refractivity contribution is 0.0697. The number of rotatable bonds is 6. The van der Waals surface area contributed by atoms with Crippen LogP contribution < -0.4 is 10.1 Å². The third-order valence-electron chi connectivity index (χ3n) is 3.65. The van der Waals surface area contributed by atoms with Gasteiger partial charge in [-0.05, 0) is 60.2 Å². The minimum Gasteiger partial charge on any atom is -0.497 e. The number of hydrogen-bond acceptors (Lipinski definition) is 5. The molecule has 130 valence electrons. The number of carbonyl (C=O) groups is 1. The van der Waals surface area contributed by atoms with Crippen molar-refractivity contribution in [3.8, 4) is 5.75 Å². The zero-order chi connectivity index (χ0) is 18.4. The van der Waals surface area contributed by atoms with Gasteiger partial charge in [-0.25, -0.2) is 4.79 Å². The quantitative estimate of drug-likeness (QED) is 0.698. The van der Waals surface area contributed by atoms with Gasteiger partial charge in [-0.15, -0.1) is 10.2 Å². The number of nitrogens with zero attached hydrogens (tertiary/aromatic N) is 2. The first-order valence-corrected chi connectivity index (χ1v) is 7.90. The zero-order valence-electron chi connectivity index (χ0n) is 14.1. The molecule has 0 unspecified atom stereocenters. The smallest absolute Gasteiger partial charge is 0.335 e. The number of benzene rings is 2. The Kier molecular flexibility index (Phi) is 5.24. The van der Waals surface area contributed by atoms with Crippen LogP contribution in [0.4, 0.5) is 11.5 Å². The van der Waals surface area contributed by atoms with E-state index in [0.29, 0.717) is 5.82 Å². The molecule has 0 aliphatic rings. The average molecular weight is 347 g/mol. The Hall–Kier alpha value is -3.67. The van der Waals surface area contributed by atoms with Crippen molar-refractivity contribution >= 4 is 29.6 Å². The highest BCUT2D eigenvalue weighted by molar-refractivity contribution is 5.88. The number of anilines is 2. The molecule has 0 amide bonds. The monoisotopic (exact) mass is 347 g/mol. The minimum absolute atomic E-state index is 0.237. The Balaban J connectivity index is 1.64. The van der Waals surface area contributed by atoms with Crippen molar-refractivity contribution in [2.45, 2.75) is 0 Å². The maximum Gasteiger partial charge on any atom is 0.335 e. The molecule has 0 spiro atoms. The summed E-state index contributed by atoms with van der Waals surface area (Å²) in [5, 5.41) is 20.3. The molecule has 3 aromatic rings. The number of hydrogen-bond donors (Lipinski definition) is 2. The number of aromatic nitrogens is 2. The largest absolute Gasteiger partial charge is 0.497 e. The van der Waals surface area contributed by atoms with Crippen molar-refractivity contribution in [1.29, 1.82) is 0 Å². The number of methoxy groups -OCH3 is 1. The summed E-state index contributed by atoms with van der Waals surface area (Å²) in [6, 6.07) is 17.8. The van der Waals surface area contributed by atoms with E-state index in [-0.39, 0.29) is 5.56 Å². The highest BCUT2D eigenvalue weighted by atomic mass is 16.5. The molecular formula is C20H17N3O3. The summed E-state index contributed by atoms with van der Waals surface area (Å²) in [5.41, 5.74) is 2.74. The van der Waals surface area contributed by atoms with Crippen LogP contribution in [0.25, 0.3) is 12.2 Å². The van der Waals surface area contributed by atoms with E-state index in [1.165, 1.54) is 12.1 Å². The molecule has 6 heteroatoms. The topological polar surface area (TPSA) is 84.3 Å². The van der Waals surface area contributed by atoms with Gasteiger partial charge in [0.15, 0.2) is 5.82 Å². The molecule has 0 radical (unpaired) electrons. The molecule has 6 nitrogen and oxygen atoms in total. The summed E-state index contributed by atoms with van der Waals surface area (Å²) >= 11 is 0. The Labute approximate surface area is 150 Å². The summed E-state index contributed by atoms with van der Waals surface area (Å²) in [6.45, 7) is 0. The highest BCUT2D eigenvalue weighted by Crippen LogP contribution is 2.16. The molecule has 1 heterocycles. The molecule has 0 atom stereocenters. The van der Waals surface area contributed by atoms with Gasteiger partial charge in [0.1, 0.15) is 5.75 Å². The van der Waals surface area contributed by atoms with Gasteiger partial charge in [0.2, 0.25) is 0 Å². The second-order valence-corrected chi connectivity index (χ2v) is 5.46. The molecule has 1 aromatic heterocycles. The van der Waals surface area contributed by atoms with Crippen molar-refractivity contribution in [2.75, 3.05) is 12.4 Å². The van der Waals surface area contributed by atoms with Gasteiger partial charge in [-0.2, -0.15) is 0 Å². The van der Waals surface area contributed by atoms with Gasteiger partial charge in [-0.1, -0.05) is 18.2 Å². The van der Waals surface area contributed by atoms with E-state index in [2.05, 4.69) is 15.5 Å². The van der Waals surface area contributed by atoms with Crippen LogP contribution in [0.1, 0.15) is 21.6 Å². The zero-order valence-corrected chi connectivity index (χ0v) is 14.1. The number of carboxylic acids is 1. The van der Waals surface area contributed by atoms with Gasteiger partial charge in [0.05, 0.1) is 18.4 Å². The molecular weight excluding hydrogens is 330 g/mol. The predicted molar refractivity (Wildman–Crippen MR) is 101 cm³/mol. The van der Waals surface area contributed by atoms with Crippen LogP contribution >= 0.6 is 0 Å². The van der Waals surface area contributed by atoms with E-state index in [0.717, 1.165) is 22.7 Å². The first-order valence-electron chi connectivity index (χ1n) is 7.90. The van der Waals surface area contributed by atoms with Crippen LogP contribution in [-0.4, -0.2) is 28.4 Å². The fourth-order valence-corrected chi connectivity index (χ4v) is 2.24. The summed E-state index contributed by atoms with van der Waals surface area (Å²) in [7, 11) is 1.64. The summed E-state index contributed by atoms with van der Waals surface area (Å²) in [6.07, 6.45) is 3.82. The fraction of sp³-hybridized carbons (Fsp3) is 0.0500. The first kappa shape index (κ1) is 17.2. The van der Waals surface area contributed by atoms with Crippen molar-refractivity contribution in [2.24, 2.45) is 0 Å². The molecule has 0 bridgehead atoms. The molecule has 2 N–H and O–H groups in total. The third-order valence-corrected chi connectivity index (χ3v) is 3.65. The normalized spacial score (nSPS) is 10.7. The van der Waals surface area contributed by atoms with E-state index < -0.39 is 5.97 Å². The molecule has 3 rings (SSSR count). The van der Waals surface area contributed by atoms with E-state index in [4.69, 9.17) is 9.84 Å². The maximum atomic E-state index is 10.8. The summed E-state index contributed by atoms with van der Waals surface area (Å²) < 4.78 is 5.13. The van der Waals surface area contributed by atoms with E-state index in [1.807, 2.05) is 48.6 Å². The van der Waals surface area contributed by atoms with Crippen LogP contribution in [-0.2, 0) is 0 Å². The molecule has 0 saturated heterocycles. The SMILES string of the molecule is COc1ccc(C=Cc2ccc(Nc3ccc(C(=O)O)cc3)nn2)cc1. The molecule has 0 fully saturated rings. The van der Waals surface area contributed by atoms with Gasteiger partial charge < -0.3 is 15.2 Å². The number of ether oxygens (including phenoxy) is 1. The van der Waals surface area contributed by atoms with Crippen molar-refractivity contribution in [3.05, 3.63) is 77.5 Å². The Morgan fingerprint density at radius 2 is 1.69 bits per heavy atom. The molecule has 2 aromatic carbocycles. The Bertz CT molecular complexity index is 903. The molecule has 26 heavy (non-hydrogen) atoms. The Morgan fingerprint density at radius 1 is 0.962 bits per heavy atom. The van der Waals surface area contributed by atoms with Gasteiger partial charge in [0.25, 0.3) is 0 Å². The predicted octanol–water partition coefficient (Wildman–Crippen LogP) is 4.10. The van der Waals surface area contributed by atoms with E-state index >= 15 is 0 Å². The van der Waals surface area contributed by atoms with Gasteiger partial charge in [0, 0.05) is 5.69 Å². The molecule has 0 saturated carbocycles. The maximum absolute atomic E-state index is 10.8. The molecule has 0 aliphatic carbocycles. The van der Waals surface area contributed by atoms with Crippen LogP contribution in [0.15, 0.2) is 60.7 Å². The highest BCUT2D eigenvalue weighted by Gasteiger charge is 2.02. The van der Waals surface area contributed by atoms with Crippen LogP contribution in [0.3, 0.4) is 0 Å². The van der Waals surface area contributed by atoms with E-state index in [1.54, 1.807) is 19.2 Å². The number of carboxylic acid groups (broad SMARTS) is 1. The molecule has 0 aliphatic heterocycles. The first-order chi connectivity index (χ1) is 12.6. The summed E-state index contributed by atoms with van der Waals surface area (Å²) in [4.78, 5) is 10.8. The number of nitrogens with one attached hydrogen (secondary N) is 1.